The molecule has 0 amide bonds. The average Bonchev–Trinajstić information content (AvgIpc) is 2.87. The van der Waals surface area contributed by atoms with Crippen molar-refractivity contribution in [1.29, 1.82) is 0 Å². The molecule has 0 atom stereocenters. The molecule has 44 heavy (non-hydrogen) atoms. The Bertz CT molecular complexity index is 506. The van der Waals surface area contributed by atoms with E-state index >= 15 is 0 Å². The Morgan fingerprint density at radius 1 is 0.273 bits per heavy atom. The molecule has 0 heteroatoms. The highest BCUT2D eigenvalue weighted by molar-refractivity contribution is 4.86. The summed E-state index contributed by atoms with van der Waals surface area (Å²) in [6, 6.07) is 0. The van der Waals surface area contributed by atoms with E-state index in [2.05, 4.69) is 159 Å². The van der Waals surface area contributed by atoms with Gasteiger partial charge in [0, 0.05) is 0 Å². The summed E-state index contributed by atoms with van der Waals surface area (Å²) in [5, 5.41) is 0. The van der Waals surface area contributed by atoms with Gasteiger partial charge in [-0.15, -0.1) is 0 Å². The van der Waals surface area contributed by atoms with Crippen LogP contribution in [0.5, 0.6) is 0 Å². The second-order valence-corrected chi connectivity index (χ2v) is 16.0. The fraction of sp³-hybridized carbons (Fsp3) is 0.818. The molecule has 0 aliphatic heterocycles. The van der Waals surface area contributed by atoms with Gasteiger partial charge in [0.05, 0.1) is 0 Å². The van der Waals surface area contributed by atoms with Crippen molar-refractivity contribution in [2.24, 2.45) is 47.3 Å². The minimum atomic E-state index is 0.717. The van der Waals surface area contributed by atoms with Gasteiger partial charge in [-0.05, 0) is 98.7 Å². The van der Waals surface area contributed by atoms with Crippen molar-refractivity contribution in [3.63, 3.8) is 0 Å². The minimum absolute atomic E-state index is 0.717. The molecule has 0 saturated heterocycles. The third-order valence-corrected chi connectivity index (χ3v) is 6.69. The molecule has 0 aliphatic carbocycles. The van der Waals surface area contributed by atoms with Gasteiger partial charge in [-0.3, -0.25) is 0 Å². The number of hydrogen-bond donors (Lipinski definition) is 0. The average molecular weight is 617 g/mol. The zero-order valence-corrected chi connectivity index (χ0v) is 33.7. The first-order valence-electron chi connectivity index (χ1n) is 19.2. The molecule has 0 aromatic carbocycles. The SMILES string of the molecule is CC(C)/C=C\CCCC(C)C.CC(C)/C=C\CCCC(C)C.CC(C)/C=C\CCCC(C)C.CC(C)/C=C\CCCC(C)C. The maximum Gasteiger partial charge on any atom is -0.0290 e. The fourth-order valence-electron chi connectivity index (χ4n) is 4.05. The standard InChI is InChI=1S/4C11H22/c4*1-10(2)8-6-5-7-9-11(3)4/h4*6,8,10-11H,5,7,9H2,1-4H3/b4*8-6-. The molecule has 0 fully saturated rings. The Morgan fingerprint density at radius 2 is 0.432 bits per heavy atom. The summed E-state index contributed by atoms with van der Waals surface area (Å²) in [6.45, 7) is 36.0. The van der Waals surface area contributed by atoms with Crippen LogP contribution in [0.2, 0.25) is 0 Å². The lowest BCUT2D eigenvalue weighted by Crippen LogP contribution is -1.85. The molecular formula is C44H88. The van der Waals surface area contributed by atoms with Gasteiger partial charge in [0.25, 0.3) is 0 Å². The highest BCUT2D eigenvalue weighted by Gasteiger charge is 1.94. The first-order chi connectivity index (χ1) is 20.5. The van der Waals surface area contributed by atoms with Gasteiger partial charge in [-0.25, -0.2) is 0 Å². The lowest BCUT2D eigenvalue weighted by molar-refractivity contribution is 0.559. The summed E-state index contributed by atoms with van der Waals surface area (Å²) in [6.07, 6.45) is 34.3. The molecule has 0 spiro atoms. The molecule has 0 nitrogen and oxygen atoms in total. The quantitative estimate of drug-likeness (QED) is 0.0942. The summed E-state index contributed by atoms with van der Waals surface area (Å²) < 4.78 is 0. The van der Waals surface area contributed by atoms with Crippen molar-refractivity contribution in [2.45, 2.75) is 188 Å². The molecule has 0 bridgehead atoms. The number of hydrogen-bond acceptors (Lipinski definition) is 0. The molecule has 0 aromatic heterocycles. The van der Waals surface area contributed by atoms with Gasteiger partial charge in [0.15, 0.2) is 0 Å². The lowest BCUT2D eigenvalue weighted by atomic mass is 10.1. The van der Waals surface area contributed by atoms with Gasteiger partial charge in [-0.2, -0.15) is 0 Å². The van der Waals surface area contributed by atoms with E-state index in [1.54, 1.807) is 0 Å². The first-order valence-corrected chi connectivity index (χ1v) is 19.2. The Morgan fingerprint density at radius 3 is 0.545 bits per heavy atom. The fourth-order valence-corrected chi connectivity index (χ4v) is 4.05. The molecule has 0 unspecified atom stereocenters. The maximum absolute atomic E-state index is 2.31. The van der Waals surface area contributed by atoms with Crippen LogP contribution in [0, 0.1) is 47.3 Å². The van der Waals surface area contributed by atoms with Gasteiger partial charge in [0.1, 0.15) is 0 Å². The van der Waals surface area contributed by atoms with E-state index in [9.17, 15) is 0 Å². The third-order valence-electron chi connectivity index (χ3n) is 6.69. The van der Waals surface area contributed by atoms with Crippen LogP contribution in [0.25, 0.3) is 0 Å². The number of allylic oxidation sites excluding steroid dienone is 8. The molecule has 0 saturated carbocycles. The zero-order valence-electron chi connectivity index (χ0n) is 33.7. The molecular weight excluding hydrogens is 528 g/mol. The van der Waals surface area contributed by atoms with E-state index < -0.39 is 0 Å². The van der Waals surface area contributed by atoms with Crippen LogP contribution in [0.1, 0.15) is 188 Å². The molecule has 0 aromatic rings. The van der Waals surface area contributed by atoms with Gasteiger partial charge in [0.2, 0.25) is 0 Å². The molecule has 0 rings (SSSR count). The summed E-state index contributed by atoms with van der Waals surface area (Å²) in [7, 11) is 0. The Labute approximate surface area is 283 Å². The molecule has 264 valence electrons. The molecule has 0 radical (unpaired) electrons. The van der Waals surface area contributed by atoms with E-state index in [1.807, 2.05) is 0 Å². The topological polar surface area (TPSA) is 0 Å². The summed E-state index contributed by atoms with van der Waals surface area (Å²) in [5.74, 6) is 6.32. The smallest absolute Gasteiger partial charge is 0.0290 e. The van der Waals surface area contributed by atoms with Gasteiger partial charge >= 0.3 is 0 Å². The Balaban J connectivity index is -0.000000242. The van der Waals surface area contributed by atoms with E-state index in [0.717, 1.165) is 23.7 Å². The highest BCUT2D eigenvalue weighted by Crippen LogP contribution is 2.10. The van der Waals surface area contributed by atoms with Crippen molar-refractivity contribution in [2.75, 3.05) is 0 Å². The lowest BCUT2D eigenvalue weighted by Gasteiger charge is -2.00. The van der Waals surface area contributed by atoms with Crippen LogP contribution in [-0.4, -0.2) is 0 Å². The van der Waals surface area contributed by atoms with Crippen LogP contribution >= 0.6 is 0 Å². The second-order valence-electron chi connectivity index (χ2n) is 16.0. The van der Waals surface area contributed by atoms with Crippen LogP contribution < -0.4 is 0 Å². The minimum Gasteiger partial charge on any atom is -0.0883 e. The Kier molecular flexibility index (Phi) is 43.2. The Hall–Kier alpha value is -1.04. The van der Waals surface area contributed by atoms with Crippen molar-refractivity contribution < 1.29 is 0 Å². The summed E-state index contributed by atoms with van der Waals surface area (Å²) in [5.41, 5.74) is 0. The van der Waals surface area contributed by atoms with Crippen molar-refractivity contribution in [3.8, 4) is 0 Å². The summed E-state index contributed by atoms with van der Waals surface area (Å²) in [4.78, 5) is 0. The van der Waals surface area contributed by atoms with Crippen LogP contribution in [-0.2, 0) is 0 Å². The second kappa shape index (κ2) is 38.1. The zero-order chi connectivity index (χ0) is 34.8. The van der Waals surface area contributed by atoms with Crippen molar-refractivity contribution >= 4 is 0 Å². The molecule has 0 aliphatic rings. The van der Waals surface area contributed by atoms with Gasteiger partial charge in [-0.1, -0.05) is 185 Å². The molecule has 0 N–H and O–H groups in total. The number of rotatable bonds is 20. The van der Waals surface area contributed by atoms with Crippen molar-refractivity contribution in [3.05, 3.63) is 48.6 Å². The summed E-state index contributed by atoms with van der Waals surface area (Å²) >= 11 is 0. The molecule has 0 heterocycles. The maximum atomic E-state index is 2.31. The first kappa shape index (κ1) is 49.8. The number of unbranched alkanes of at least 4 members (excludes halogenated alkanes) is 4. The predicted molar refractivity (Wildman–Crippen MR) is 211 cm³/mol. The van der Waals surface area contributed by atoms with Crippen LogP contribution in [0.3, 0.4) is 0 Å². The van der Waals surface area contributed by atoms with E-state index in [1.165, 1.54) is 77.0 Å². The third kappa shape index (κ3) is 68.2. The van der Waals surface area contributed by atoms with Crippen molar-refractivity contribution in [1.82, 2.24) is 0 Å². The van der Waals surface area contributed by atoms with E-state index in [-0.39, 0.29) is 0 Å². The largest absolute Gasteiger partial charge is 0.0883 e. The highest BCUT2D eigenvalue weighted by atomic mass is 14.0. The van der Waals surface area contributed by atoms with E-state index in [0.29, 0.717) is 23.7 Å². The monoisotopic (exact) mass is 617 g/mol. The predicted octanol–water partition coefficient (Wildman–Crippen LogP) is 16.1. The van der Waals surface area contributed by atoms with Crippen LogP contribution in [0.15, 0.2) is 48.6 Å². The van der Waals surface area contributed by atoms with Crippen LogP contribution in [0.4, 0.5) is 0 Å². The van der Waals surface area contributed by atoms with E-state index in [4.69, 9.17) is 0 Å². The normalized spacial score (nSPS) is 12.2. The van der Waals surface area contributed by atoms with Gasteiger partial charge < -0.3 is 0 Å².